The third-order valence-corrected chi connectivity index (χ3v) is 11.9. The minimum atomic E-state index is -5.84. The molecule has 3 heterocycles. The van der Waals surface area contributed by atoms with E-state index in [0.29, 0.717) is 0 Å². The average molecular weight is 1270 g/mol. The first-order valence-electron chi connectivity index (χ1n) is 20.1. The van der Waals surface area contributed by atoms with Crippen molar-refractivity contribution in [1.29, 1.82) is 0 Å². The first-order valence-corrected chi connectivity index (χ1v) is 24.4. The van der Waals surface area contributed by atoms with E-state index in [0.717, 1.165) is 36.4 Å². The number of fused-ring (bicyclic) bond motifs is 2. The summed E-state index contributed by atoms with van der Waals surface area (Å²) in [6.45, 7) is -0.754. The molecule has 7 rings (SSSR count). The maximum absolute atomic E-state index is 12.9. The molecule has 0 spiro atoms. The van der Waals surface area contributed by atoms with Gasteiger partial charge in [0.2, 0.25) is 11.6 Å². The van der Waals surface area contributed by atoms with Crippen LogP contribution in [0.3, 0.4) is 0 Å². The second-order valence-electron chi connectivity index (χ2n) is 15.6. The van der Waals surface area contributed by atoms with Gasteiger partial charge in [0.25, 0.3) is 0 Å². The Kier molecular flexibility index (Phi) is 22.6. The zero-order valence-electron chi connectivity index (χ0n) is 38.4. The summed E-state index contributed by atoms with van der Waals surface area (Å²) >= 11 is 0. The number of benzene rings is 4. The molecule has 17 N–H and O–H groups in total. The number of alkyl halides is 9. The van der Waals surface area contributed by atoms with Crippen molar-refractivity contribution in [1.82, 2.24) is 0 Å². The van der Waals surface area contributed by atoms with Crippen LogP contribution in [0.5, 0.6) is 57.5 Å². The van der Waals surface area contributed by atoms with E-state index in [9.17, 15) is 121 Å². The number of phenols is 8. The molecule has 445 valence electrons. The van der Waals surface area contributed by atoms with Crippen molar-refractivity contribution in [2.75, 3.05) is 6.61 Å². The van der Waals surface area contributed by atoms with E-state index in [2.05, 4.69) is 0 Å². The van der Waals surface area contributed by atoms with Crippen LogP contribution < -0.4 is 9.47 Å². The molecule has 1 saturated heterocycles. The number of phenolic OH excluding ortho intramolecular Hbond substituents is 8. The van der Waals surface area contributed by atoms with Crippen LogP contribution in [-0.2, 0) is 60.9 Å². The third-order valence-electron chi connectivity index (χ3n) is 10.2. The summed E-state index contributed by atoms with van der Waals surface area (Å²) in [7, 11) is -17.5. The van der Waals surface area contributed by atoms with Gasteiger partial charge >= 0.3 is 46.9 Å². The van der Waals surface area contributed by atoms with Crippen LogP contribution >= 0.6 is 0 Å². The van der Waals surface area contributed by atoms with Gasteiger partial charge in [-0.15, -0.1) is 0 Å². The minimum Gasteiger partial charge on any atom is -0.508 e. The molecule has 0 saturated carbocycles. The fourth-order valence-electron chi connectivity index (χ4n) is 6.43. The number of halogens is 9. The molecular formula is C39H37F9O28S3Sc. The Morgan fingerprint density at radius 1 is 0.463 bits per heavy atom. The maximum Gasteiger partial charge on any atom is 0.522 e. The van der Waals surface area contributed by atoms with Gasteiger partial charge in [-0.25, -0.2) is 0 Å². The number of carbonyl (C=O) groups is 2. The van der Waals surface area contributed by atoms with Crippen LogP contribution in [0.4, 0.5) is 39.5 Å². The van der Waals surface area contributed by atoms with E-state index >= 15 is 0 Å². The van der Waals surface area contributed by atoms with Gasteiger partial charge < -0.3 is 85.7 Å². The van der Waals surface area contributed by atoms with Crippen molar-refractivity contribution in [3.8, 4) is 57.5 Å². The van der Waals surface area contributed by atoms with E-state index in [1.165, 1.54) is 18.2 Å². The van der Waals surface area contributed by atoms with Crippen molar-refractivity contribution in [3.05, 3.63) is 82.4 Å². The van der Waals surface area contributed by atoms with Gasteiger partial charge in [-0.3, -0.25) is 23.2 Å². The number of Topliss-reactive ketones (excluding diaryl/α,β-unsaturated/α-hetero) is 2. The van der Waals surface area contributed by atoms with Gasteiger partial charge in [-0.2, -0.15) is 64.8 Å². The van der Waals surface area contributed by atoms with Crippen molar-refractivity contribution in [2.45, 2.75) is 71.5 Å². The van der Waals surface area contributed by atoms with Gasteiger partial charge in [0.05, 0.1) is 12.2 Å². The summed E-state index contributed by atoms with van der Waals surface area (Å²) in [6.07, 6.45) is -14.3. The molecule has 4 aromatic carbocycles. The fraction of sp³-hybridized carbons (Fsp3) is 0.333. The molecule has 0 amide bonds. The summed E-state index contributed by atoms with van der Waals surface area (Å²) in [5.41, 5.74) is -17.5. The van der Waals surface area contributed by atoms with Crippen molar-refractivity contribution < 1.29 is 200 Å². The van der Waals surface area contributed by atoms with Gasteiger partial charge in [-0.1, -0.05) is 12.1 Å². The monoisotopic (exact) mass is 1270 g/mol. The second kappa shape index (κ2) is 25.8. The van der Waals surface area contributed by atoms with Crippen LogP contribution in [0.2, 0.25) is 0 Å². The van der Waals surface area contributed by atoms with Crippen LogP contribution in [0.15, 0.2) is 54.6 Å². The Morgan fingerprint density at radius 3 is 1.18 bits per heavy atom. The standard InChI is InChI=1S/C21H22O12.C15H12O7.3CHF3O3S.Sc/c22-5-11-14(26)17(29)19(31)21(33-11)12-9(25)4-10-13(15(12)27)16(28)18(30)20(32-10)6-1-2-7(23)8(24)3-6;16-7-4-10(19)12-11(5-7)22-15(14(21)13(12)20)6-1-2-8(17)9(18)3-6;3*2-1(3,4)8(5,6)7;/h1-4,11,14,17-27,29-31H,5H2;1-5,14-19,21H;3*(H,5,6,7);. The van der Waals surface area contributed by atoms with Crippen molar-refractivity contribution in [3.63, 3.8) is 0 Å². The predicted molar refractivity (Wildman–Crippen MR) is 232 cm³/mol. The Labute approximate surface area is 457 Å². The summed E-state index contributed by atoms with van der Waals surface area (Å²) in [6, 6.07) is 10.3. The molecule has 28 nitrogen and oxygen atoms in total. The molecule has 9 atom stereocenters. The number of hydrogen-bond donors (Lipinski definition) is 17. The van der Waals surface area contributed by atoms with Crippen LogP contribution in [0.25, 0.3) is 0 Å². The van der Waals surface area contributed by atoms with Gasteiger partial charge in [0.1, 0.15) is 76.1 Å². The SMILES string of the molecule is O=C1c2c(O)cc(O)cc2OC(c2ccc(O)c(O)c2)C1O.O=C1c2c(cc(O)c(C3OC(CO)C(O)C(O)C3O)c2O)OC(c2ccc(O)c(O)c2)C1O.O=S(=O)(O)C(F)(F)F.O=S(=O)(O)C(F)(F)F.O=S(=O)(O)C(F)(F)F.[Sc]. The zero-order valence-corrected chi connectivity index (χ0v) is 42.6. The Morgan fingerprint density at radius 2 is 0.825 bits per heavy atom. The molecule has 0 aromatic heterocycles. The topological polar surface area (TPSA) is 508 Å². The number of carbonyl (C=O) groups excluding carboxylic acids is 2. The maximum atomic E-state index is 12.9. The molecule has 4 aromatic rings. The summed E-state index contributed by atoms with van der Waals surface area (Å²) in [5, 5.41) is 139. The summed E-state index contributed by atoms with van der Waals surface area (Å²) in [5.74, 6) is -6.32. The molecule has 3 aliphatic heterocycles. The van der Waals surface area contributed by atoms with Crippen LogP contribution in [0.1, 0.15) is 55.7 Å². The quantitative estimate of drug-likeness (QED) is 0.0588. The number of aliphatic hydroxyl groups is 6. The molecule has 41 heteroatoms. The number of aliphatic hydroxyl groups excluding tert-OH is 6. The first-order chi connectivity index (χ1) is 35.7. The van der Waals surface area contributed by atoms with E-state index in [1.54, 1.807) is 0 Å². The van der Waals surface area contributed by atoms with Gasteiger partial charge in [0, 0.05) is 44.0 Å². The predicted octanol–water partition coefficient (Wildman–Crippen LogP) is 1.07. The van der Waals surface area contributed by atoms with E-state index < -0.39 is 166 Å². The molecule has 3 aliphatic rings. The average Bonchev–Trinajstić information content (AvgIpc) is 3.29. The number of rotatable bonds is 4. The molecule has 9 unspecified atom stereocenters. The van der Waals surface area contributed by atoms with Gasteiger partial charge in [-0.05, 0) is 35.4 Å². The first kappa shape index (κ1) is 70.0. The number of ketones is 2. The second-order valence-corrected chi connectivity index (χ2v) is 19.8. The Bertz CT molecular complexity index is 3150. The molecule has 1 radical (unpaired) electrons. The van der Waals surface area contributed by atoms with Crippen molar-refractivity contribution >= 4 is 41.9 Å². The summed E-state index contributed by atoms with van der Waals surface area (Å²) < 4.78 is 189. The Hall–Kier alpha value is -6.09. The largest absolute Gasteiger partial charge is 0.522 e. The Balaban J connectivity index is 0.000000397. The summed E-state index contributed by atoms with van der Waals surface area (Å²) in [4.78, 5) is 25.1. The van der Waals surface area contributed by atoms with Crippen LogP contribution in [-0.4, -0.2) is 182 Å². The molecule has 0 aliphatic carbocycles. The van der Waals surface area contributed by atoms with Gasteiger partial charge in [0.15, 0.2) is 47.4 Å². The van der Waals surface area contributed by atoms with E-state index in [1.807, 2.05) is 0 Å². The minimum absolute atomic E-state index is 0. The van der Waals surface area contributed by atoms with E-state index in [4.69, 9.17) is 53.1 Å². The smallest absolute Gasteiger partial charge is 0.508 e. The third kappa shape index (κ3) is 16.3. The molecule has 80 heavy (non-hydrogen) atoms. The fourth-order valence-corrected chi connectivity index (χ4v) is 6.43. The number of aromatic hydroxyl groups is 8. The number of ether oxygens (including phenoxy) is 3. The van der Waals surface area contributed by atoms with Crippen LogP contribution in [0, 0.1) is 0 Å². The van der Waals surface area contributed by atoms with E-state index in [-0.39, 0.29) is 65.5 Å². The number of hydrogen-bond acceptors (Lipinski definition) is 25. The van der Waals surface area contributed by atoms with Crippen molar-refractivity contribution in [2.24, 2.45) is 0 Å². The normalized spacial score (nSPS) is 22.9. The molecule has 0 bridgehead atoms. The molecule has 1 fully saturated rings. The zero-order chi connectivity index (χ0) is 61.2. The molecular weight excluding hydrogens is 1230 g/mol.